The Kier molecular flexibility index (Phi) is 5.63. The zero-order chi connectivity index (χ0) is 20.3. The van der Waals surface area contributed by atoms with E-state index in [1.807, 2.05) is 31.2 Å². The summed E-state index contributed by atoms with van der Waals surface area (Å²) in [5.74, 6) is -0.185. The fourth-order valence-corrected chi connectivity index (χ4v) is 3.17. The minimum atomic E-state index is -2.87. The first kappa shape index (κ1) is 19.8. The van der Waals surface area contributed by atoms with Crippen molar-refractivity contribution in [2.24, 2.45) is 0 Å². The van der Waals surface area contributed by atoms with E-state index in [0.29, 0.717) is 12.8 Å². The van der Waals surface area contributed by atoms with E-state index < -0.39 is 18.2 Å². The summed E-state index contributed by atoms with van der Waals surface area (Å²) in [7, 11) is 0. The number of amides is 3. The van der Waals surface area contributed by atoms with Gasteiger partial charge in [-0.05, 0) is 49.9 Å². The van der Waals surface area contributed by atoms with Crippen LogP contribution < -0.4 is 10.1 Å². The maximum atomic E-state index is 12.8. The number of ether oxygens (including phenoxy) is 1. The predicted octanol–water partition coefficient (Wildman–Crippen LogP) is 4.04. The molecule has 7 heteroatoms. The van der Waals surface area contributed by atoms with E-state index in [9.17, 15) is 18.4 Å². The molecule has 28 heavy (non-hydrogen) atoms. The van der Waals surface area contributed by atoms with E-state index >= 15 is 0 Å². The second kappa shape index (κ2) is 7.96. The maximum absolute atomic E-state index is 12.8. The zero-order valence-corrected chi connectivity index (χ0v) is 15.7. The molecule has 1 atom stereocenters. The van der Waals surface area contributed by atoms with Gasteiger partial charge in [-0.25, -0.2) is 4.79 Å². The highest BCUT2D eigenvalue weighted by Gasteiger charge is 2.47. The Bertz CT molecular complexity index is 853. The molecule has 1 saturated heterocycles. The van der Waals surface area contributed by atoms with Crippen LogP contribution in [0.3, 0.4) is 0 Å². The molecule has 3 rings (SSSR count). The van der Waals surface area contributed by atoms with E-state index in [-0.39, 0.29) is 18.2 Å². The number of carbonyl (C=O) groups excluding carboxylic acids is 2. The second-order valence-corrected chi connectivity index (χ2v) is 7.16. The molecule has 0 aromatic heterocycles. The van der Waals surface area contributed by atoms with E-state index in [0.717, 1.165) is 16.7 Å². The molecule has 148 valence electrons. The first-order valence-corrected chi connectivity index (χ1v) is 9.00. The number of urea groups is 1. The summed E-state index contributed by atoms with van der Waals surface area (Å²) >= 11 is 0. The summed E-state index contributed by atoms with van der Waals surface area (Å²) in [5, 5.41) is 2.78. The Morgan fingerprint density at radius 2 is 1.64 bits per heavy atom. The smallest absolute Gasteiger partial charge is 0.387 e. The molecule has 0 bridgehead atoms. The Balaban J connectivity index is 1.63. The fourth-order valence-electron chi connectivity index (χ4n) is 3.17. The topological polar surface area (TPSA) is 58.6 Å². The molecule has 5 nitrogen and oxygen atoms in total. The molecular weight excluding hydrogens is 366 g/mol. The first-order valence-electron chi connectivity index (χ1n) is 9.00. The van der Waals surface area contributed by atoms with Crippen molar-refractivity contribution in [3.05, 3.63) is 65.2 Å². The third kappa shape index (κ3) is 4.47. The van der Waals surface area contributed by atoms with Gasteiger partial charge in [0.2, 0.25) is 0 Å². The number of carbonyl (C=O) groups is 2. The third-order valence-electron chi connectivity index (χ3n) is 4.87. The number of halogens is 2. The highest BCUT2D eigenvalue weighted by atomic mass is 19.3. The Morgan fingerprint density at radius 3 is 2.25 bits per heavy atom. The van der Waals surface area contributed by atoms with Crippen molar-refractivity contribution in [1.29, 1.82) is 0 Å². The molecule has 1 fully saturated rings. The third-order valence-corrected chi connectivity index (χ3v) is 4.87. The van der Waals surface area contributed by atoms with Gasteiger partial charge in [0.25, 0.3) is 5.91 Å². The van der Waals surface area contributed by atoms with Gasteiger partial charge in [-0.2, -0.15) is 8.78 Å². The van der Waals surface area contributed by atoms with Gasteiger partial charge < -0.3 is 10.1 Å². The summed E-state index contributed by atoms with van der Waals surface area (Å²) in [4.78, 5) is 26.4. The summed E-state index contributed by atoms with van der Waals surface area (Å²) < 4.78 is 28.7. The predicted molar refractivity (Wildman–Crippen MR) is 100 cm³/mol. The van der Waals surface area contributed by atoms with E-state index in [1.165, 1.54) is 17.0 Å². The van der Waals surface area contributed by atoms with E-state index in [4.69, 9.17) is 0 Å². The maximum Gasteiger partial charge on any atom is 0.387 e. The highest BCUT2D eigenvalue weighted by Crippen LogP contribution is 2.25. The Labute approximate surface area is 162 Å². The van der Waals surface area contributed by atoms with Gasteiger partial charge in [0.05, 0.1) is 6.54 Å². The summed E-state index contributed by atoms with van der Waals surface area (Å²) in [6, 6.07) is 13.5. The van der Waals surface area contributed by atoms with Gasteiger partial charge in [0.15, 0.2) is 0 Å². The van der Waals surface area contributed by atoms with E-state index in [1.54, 1.807) is 19.1 Å². The molecule has 0 spiro atoms. The van der Waals surface area contributed by atoms with Gasteiger partial charge >= 0.3 is 12.6 Å². The first-order chi connectivity index (χ1) is 13.3. The highest BCUT2D eigenvalue weighted by molar-refractivity contribution is 6.06. The lowest BCUT2D eigenvalue weighted by Gasteiger charge is -2.21. The molecule has 3 amide bonds. The van der Waals surface area contributed by atoms with Crippen molar-refractivity contribution in [2.75, 3.05) is 0 Å². The van der Waals surface area contributed by atoms with Gasteiger partial charge in [-0.15, -0.1) is 0 Å². The Morgan fingerprint density at radius 1 is 1.04 bits per heavy atom. The lowest BCUT2D eigenvalue weighted by molar-refractivity contribution is -0.131. The van der Waals surface area contributed by atoms with Crippen LogP contribution in [-0.2, 0) is 17.8 Å². The van der Waals surface area contributed by atoms with Gasteiger partial charge in [0, 0.05) is 0 Å². The molecule has 0 saturated carbocycles. The van der Waals surface area contributed by atoms with Crippen molar-refractivity contribution >= 4 is 11.9 Å². The van der Waals surface area contributed by atoms with Crippen molar-refractivity contribution in [1.82, 2.24) is 10.2 Å². The van der Waals surface area contributed by atoms with Crippen molar-refractivity contribution in [2.45, 2.75) is 45.4 Å². The van der Waals surface area contributed by atoms with Gasteiger partial charge in [-0.1, -0.05) is 42.0 Å². The number of hydrogen-bond acceptors (Lipinski definition) is 3. The van der Waals surface area contributed by atoms with Gasteiger partial charge in [-0.3, -0.25) is 9.69 Å². The lowest BCUT2D eigenvalue weighted by Crippen LogP contribution is -2.44. The second-order valence-electron chi connectivity index (χ2n) is 7.16. The van der Waals surface area contributed by atoms with Gasteiger partial charge in [0.1, 0.15) is 11.3 Å². The number of nitrogens with one attached hydrogen (secondary N) is 1. The molecule has 1 N–H and O–H groups in total. The van der Waals surface area contributed by atoms with Crippen LogP contribution in [0.25, 0.3) is 0 Å². The van der Waals surface area contributed by atoms with Crippen LogP contribution >= 0.6 is 0 Å². The number of alkyl halides is 2. The van der Waals surface area contributed by atoms with Crippen LogP contribution in [0.5, 0.6) is 5.75 Å². The molecule has 0 aliphatic carbocycles. The number of aryl methyl sites for hydroxylation is 2. The fraction of sp³-hybridized carbons (Fsp3) is 0.333. The SMILES string of the molecule is Cc1ccc(CN2C(=O)NC(C)(CCc3ccc(OC(F)F)cc3)C2=O)cc1. The summed E-state index contributed by atoms with van der Waals surface area (Å²) in [5.41, 5.74) is 1.85. The van der Waals surface area contributed by atoms with Crippen LogP contribution in [0.2, 0.25) is 0 Å². The molecule has 2 aromatic carbocycles. The summed E-state index contributed by atoms with van der Waals surface area (Å²) in [6.07, 6.45) is 0.910. The number of rotatable bonds is 7. The standard InChI is InChI=1S/C21H22F2N2O3/c1-14-3-5-16(6-4-14)13-25-18(26)21(2,24-20(25)27)12-11-15-7-9-17(10-8-15)28-19(22)23/h3-10,19H,11-13H2,1-2H3,(H,24,27). The van der Waals surface area contributed by atoms with E-state index in [2.05, 4.69) is 10.1 Å². The number of benzene rings is 2. The number of hydrogen-bond donors (Lipinski definition) is 1. The molecule has 0 radical (unpaired) electrons. The molecule has 1 heterocycles. The largest absolute Gasteiger partial charge is 0.435 e. The zero-order valence-electron chi connectivity index (χ0n) is 15.7. The molecule has 1 aliphatic rings. The summed E-state index contributed by atoms with van der Waals surface area (Å²) in [6.45, 7) is 1.04. The number of imide groups is 1. The average molecular weight is 388 g/mol. The Hall–Kier alpha value is -2.96. The van der Waals surface area contributed by atoms with Crippen LogP contribution in [0.15, 0.2) is 48.5 Å². The van der Waals surface area contributed by atoms with Crippen LogP contribution in [0.1, 0.15) is 30.0 Å². The number of nitrogens with zero attached hydrogens (tertiary/aromatic N) is 1. The molecule has 2 aromatic rings. The average Bonchev–Trinajstić information content (AvgIpc) is 2.86. The quantitative estimate of drug-likeness (QED) is 0.729. The van der Waals surface area contributed by atoms with Crippen molar-refractivity contribution in [3.63, 3.8) is 0 Å². The van der Waals surface area contributed by atoms with Crippen LogP contribution in [0, 0.1) is 6.92 Å². The molecular formula is C21H22F2N2O3. The minimum absolute atomic E-state index is 0.0829. The van der Waals surface area contributed by atoms with Crippen LogP contribution in [0.4, 0.5) is 13.6 Å². The lowest BCUT2D eigenvalue weighted by atomic mass is 9.93. The normalized spacial score (nSPS) is 19.2. The van der Waals surface area contributed by atoms with Crippen molar-refractivity contribution in [3.8, 4) is 5.75 Å². The minimum Gasteiger partial charge on any atom is -0.435 e. The molecule has 1 aliphatic heterocycles. The van der Waals surface area contributed by atoms with Crippen molar-refractivity contribution < 1.29 is 23.1 Å². The monoisotopic (exact) mass is 388 g/mol. The molecule has 1 unspecified atom stereocenters. The van der Waals surface area contributed by atoms with Crippen LogP contribution in [-0.4, -0.2) is 29.0 Å².